The second kappa shape index (κ2) is 11.1. The number of fused-ring (bicyclic) bond motifs is 2. The van der Waals surface area contributed by atoms with E-state index in [4.69, 9.17) is 4.98 Å². The number of hydrogen-bond donors (Lipinski definition) is 4. The van der Waals surface area contributed by atoms with Crippen LogP contribution in [-0.4, -0.2) is 68.1 Å². The summed E-state index contributed by atoms with van der Waals surface area (Å²) >= 11 is 0. The fraction of sp³-hybridized carbons (Fsp3) is 0.219. The van der Waals surface area contributed by atoms with E-state index in [0.717, 1.165) is 19.4 Å². The van der Waals surface area contributed by atoms with Crippen LogP contribution in [0, 0.1) is 17.6 Å². The molecule has 0 aliphatic heterocycles. The summed E-state index contributed by atoms with van der Waals surface area (Å²) in [6.07, 6.45) is 6.61. The number of nitrogens with one attached hydrogen (secondary N) is 4. The van der Waals surface area contributed by atoms with Crippen molar-refractivity contribution in [2.75, 3.05) is 37.8 Å². The van der Waals surface area contributed by atoms with Crippen LogP contribution in [-0.2, 0) is 4.79 Å². The van der Waals surface area contributed by atoms with Crippen molar-refractivity contribution in [3.05, 3.63) is 72.7 Å². The minimum absolute atomic E-state index is 0.0310. The summed E-state index contributed by atoms with van der Waals surface area (Å²) in [7, 11) is 3.95. The Hall–Kier alpha value is -5.23. The van der Waals surface area contributed by atoms with Crippen molar-refractivity contribution in [3.8, 4) is 33.9 Å². The molecule has 1 aliphatic rings. The Morgan fingerprint density at radius 3 is 2.66 bits per heavy atom. The Morgan fingerprint density at radius 2 is 1.84 bits per heavy atom. The first-order valence-electron chi connectivity index (χ1n) is 14.3. The summed E-state index contributed by atoms with van der Waals surface area (Å²) < 4.78 is 30.0. The zero-order chi connectivity index (χ0) is 30.4. The van der Waals surface area contributed by atoms with Gasteiger partial charge in [-0.3, -0.25) is 19.9 Å². The van der Waals surface area contributed by atoms with Crippen LogP contribution in [0.25, 0.3) is 55.8 Å². The molecule has 1 saturated carbocycles. The van der Waals surface area contributed by atoms with Gasteiger partial charge in [-0.1, -0.05) is 0 Å². The van der Waals surface area contributed by atoms with Crippen molar-refractivity contribution in [1.29, 1.82) is 0 Å². The van der Waals surface area contributed by atoms with E-state index in [-0.39, 0.29) is 17.3 Å². The van der Waals surface area contributed by atoms with Gasteiger partial charge in [-0.15, -0.1) is 0 Å². The van der Waals surface area contributed by atoms with Gasteiger partial charge in [0.2, 0.25) is 5.91 Å². The first kappa shape index (κ1) is 27.6. The monoisotopic (exact) mass is 593 g/mol. The quantitative estimate of drug-likeness (QED) is 0.166. The molecule has 1 amide bonds. The van der Waals surface area contributed by atoms with Crippen LogP contribution in [0.15, 0.2) is 61.1 Å². The molecule has 0 saturated heterocycles. The number of aromatic nitrogens is 6. The van der Waals surface area contributed by atoms with E-state index in [2.05, 4.69) is 35.8 Å². The maximum Gasteiger partial charge on any atom is 0.227 e. The Kier molecular flexibility index (Phi) is 6.97. The third kappa shape index (κ3) is 5.47. The first-order chi connectivity index (χ1) is 21.3. The summed E-state index contributed by atoms with van der Waals surface area (Å²) in [6, 6.07) is 11.5. The normalized spacial score (nSPS) is 13.2. The summed E-state index contributed by atoms with van der Waals surface area (Å²) in [5.74, 6) is -0.458. The highest BCUT2D eigenvalue weighted by molar-refractivity contribution is 5.98. The first-order valence-corrected chi connectivity index (χ1v) is 14.3. The SMILES string of the molecule is CN(C)CCNc1cc(F)cc(-c2nccc3[nH]c(-c4[nH]nc5c(F)cc(-c6cncc(NC(=O)C7CC7)c6)cc45)nc23)c1. The number of amides is 1. The van der Waals surface area contributed by atoms with Gasteiger partial charge in [0.05, 0.1) is 23.1 Å². The summed E-state index contributed by atoms with van der Waals surface area (Å²) in [5, 5.41) is 13.8. The standard InChI is InChI=1S/C32H29F2N9O/c1-43(2)8-7-36-22-10-19(9-21(33)14-22)27-30-26(5-6-37-27)39-31(40-30)29-24-12-18(13-25(34)28(24)41-42-29)20-11-23(16-35-15-20)38-32(44)17-3-4-17/h5-6,9-17,36H,3-4,7-8H2,1-2H3,(H,38,44)(H,39,40)(H,41,42). The molecule has 0 radical (unpaired) electrons. The fourth-order valence-electron chi connectivity index (χ4n) is 5.20. The van der Waals surface area contributed by atoms with Crippen molar-refractivity contribution in [2.45, 2.75) is 12.8 Å². The van der Waals surface area contributed by atoms with Gasteiger partial charge < -0.3 is 20.5 Å². The molecule has 7 rings (SSSR count). The van der Waals surface area contributed by atoms with E-state index in [1.807, 2.05) is 31.1 Å². The molecule has 4 heterocycles. The summed E-state index contributed by atoms with van der Waals surface area (Å²) in [4.78, 5) is 31.2. The van der Waals surface area contributed by atoms with Crippen molar-refractivity contribution in [2.24, 2.45) is 5.92 Å². The fourth-order valence-corrected chi connectivity index (χ4v) is 5.20. The number of carbonyl (C=O) groups excluding carboxylic acids is 1. The van der Waals surface area contributed by atoms with Crippen LogP contribution in [0.2, 0.25) is 0 Å². The Labute approximate surface area is 250 Å². The van der Waals surface area contributed by atoms with Gasteiger partial charge in [0, 0.05) is 53.6 Å². The predicted octanol–water partition coefficient (Wildman–Crippen LogP) is 5.83. The zero-order valence-corrected chi connectivity index (χ0v) is 24.1. The van der Waals surface area contributed by atoms with Gasteiger partial charge in [0.25, 0.3) is 0 Å². The van der Waals surface area contributed by atoms with E-state index in [0.29, 0.717) is 68.2 Å². The number of anilines is 2. The number of likely N-dealkylation sites (N-methyl/N-ethyl adjacent to an activating group) is 1. The number of nitrogens with zero attached hydrogens (tertiary/aromatic N) is 5. The van der Waals surface area contributed by atoms with Crippen LogP contribution in [0.3, 0.4) is 0 Å². The average Bonchev–Trinajstić information content (AvgIpc) is 3.62. The molecule has 44 heavy (non-hydrogen) atoms. The lowest BCUT2D eigenvalue weighted by Gasteiger charge is -2.12. The molecule has 1 fully saturated rings. The molecule has 222 valence electrons. The molecule has 10 nitrogen and oxygen atoms in total. The second-order valence-electron chi connectivity index (χ2n) is 11.3. The lowest BCUT2D eigenvalue weighted by molar-refractivity contribution is -0.117. The molecule has 12 heteroatoms. The maximum atomic E-state index is 15.3. The summed E-state index contributed by atoms with van der Waals surface area (Å²) in [5.41, 5.74) is 5.35. The lowest BCUT2D eigenvalue weighted by atomic mass is 10.0. The number of imidazole rings is 1. The van der Waals surface area contributed by atoms with Gasteiger partial charge in [0.1, 0.15) is 22.5 Å². The molecule has 0 unspecified atom stereocenters. The van der Waals surface area contributed by atoms with Gasteiger partial charge >= 0.3 is 0 Å². The highest BCUT2D eigenvalue weighted by atomic mass is 19.1. The molecule has 4 N–H and O–H groups in total. The van der Waals surface area contributed by atoms with Gasteiger partial charge in [-0.2, -0.15) is 5.10 Å². The van der Waals surface area contributed by atoms with E-state index in [1.165, 1.54) is 18.2 Å². The number of halogens is 2. The number of H-pyrrole nitrogens is 2. The topological polar surface area (TPSA) is 128 Å². The Bertz CT molecular complexity index is 2030. The van der Waals surface area contributed by atoms with E-state index >= 15 is 4.39 Å². The van der Waals surface area contributed by atoms with Gasteiger partial charge in [0.15, 0.2) is 11.6 Å². The average molecular weight is 594 g/mol. The third-order valence-corrected chi connectivity index (χ3v) is 7.60. The molecule has 2 aromatic carbocycles. The van der Waals surface area contributed by atoms with Crippen LogP contribution >= 0.6 is 0 Å². The molecule has 4 aromatic heterocycles. The third-order valence-electron chi connectivity index (χ3n) is 7.60. The molecule has 0 bridgehead atoms. The number of pyridine rings is 2. The van der Waals surface area contributed by atoms with Gasteiger partial charge in [-0.05, 0) is 75.0 Å². The Morgan fingerprint density at radius 1 is 1.00 bits per heavy atom. The van der Waals surface area contributed by atoms with Crippen LogP contribution in [0.4, 0.5) is 20.2 Å². The van der Waals surface area contributed by atoms with Crippen molar-refractivity contribution in [1.82, 2.24) is 35.0 Å². The highest BCUT2D eigenvalue weighted by Crippen LogP contribution is 2.35. The molecule has 0 spiro atoms. The van der Waals surface area contributed by atoms with Crippen molar-refractivity contribution >= 4 is 39.2 Å². The van der Waals surface area contributed by atoms with E-state index in [9.17, 15) is 9.18 Å². The molecular weight excluding hydrogens is 564 g/mol. The second-order valence-corrected chi connectivity index (χ2v) is 11.3. The van der Waals surface area contributed by atoms with Crippen molar-refractivity contribution in [3.63, 3.8) is 0 Å². The van der Waals surface area contributed by atoms with E-state index < -0.39 is 11.6 Å². The molecular formula is C32H29F2N9O. The predicted molar refractivity (Wildman–Crippen MR) is 166 cm³/mol. The van der Waals surface area contributed by atoms with E-state index in [1.54, 1.807) is 30.7 Å². The van der Waals surface area contributed by atoms with Crippen LogP contribution in [0.5, 0.6) is 0 Å². The van der Waals surface area contributed by atoms with Crippen LogP contribution in [0.1, 0.15) is 12.8 Å². The number of carbonyl (C=O) groups is 1. The highest BCUT2D eigenvalue weighted by Gasteiger charge is 2.29. The minimum atomic E-state index is -0.514. The minimum Gasteiger partial charge on any atom is -0.384 e. The largest absolute Gasteiger partial charge is 0.384 e. The smallest absolute Gasteiger partial charge is 0.227 e. The lowest BCUT2D eigenvalue weighted by Crippen LogP contribution is -2.20. The number of aromatic amines is 2. The number of rotatable bonds is 9. The Balaban J connectivity index is 1.25. The van der Waals surface area contributed by atoms with Crippen molar-refractivity contribution < 1.29 is 13.6 Å². The maximum absolute atomic E-state index is 15.3. The number of benzene rings is 2. The molecule has 6 aromatic rings. The summed E-state index contributed by atoms with van der Waals surface area (Å²) in [6.45, 7) is 1.45. The number of hydrogen-bond acceptors (Lipinski definition) is 7. The molecule has 0 atom stereocenters. The van der Waals surface area contributed by atoms with Gasteiger partial charge in [-0.25, -0.2) is 13.8 Å². The zero-order valence-electron chi connectivity index (χ0n) is 24.1. The van der Waals surface area contributed by atoms with Crippen LogP contribution < -0.4 is 10.6 Å². The molecule has 1 aliphatic carbocycles.